The number of aromatic nitrogens is 1. The lowest BCUT2D eigenvalue weighted by Crippen LogP contribution is -2.37. The van der Waals surface area contributed by atoms with Gasteiger partial charge in [-0.25, -0.2) is 0 Å². The first-order valence-corrected chi connectivity index (χ1v) is 7.92. The van der Waals surface area contributed by atoms with Crippen LogP contribution in [0.2, 0.25) is 0 Å². The molecular formula is C18H21N3O2. The second-order valence-corrected chi connectivity index (χ2v) is 5.98. The lowest BCUT2D eigenvalue weighted by atomic mass is 10.1. The smallest absolute Gasteiger partial charge is 0.253 e. The summed E-state index contributed by atoms with van der Waals surface area (Å²) in [6.45, 7) is 4.00. The van der Waals surface area contributed by atoms with Crippen molar-refractivity contribution in [1.82, 2.24) is 15.2 Å². The standard InChI is InChI=1S/C18H21N3O2/c1-13(14-5-3-2-4-6-14)21-10-9-16(12-21)20-18(23)15-7-8-17(22)19-11-15/h2-8,11,13,16H,9-10,12H2,1H3,(H,19,22)(H,20,23)/t13-,16-/m1/s1. The van der Waals surface area contributed by atoms with Crippen molar-refractivity contribution in [3.05, 3.63) is 70.1 Å². The van der Waals surface area contributed by atoms with Gasteiger partial charge in [-0.05, 0) is 25.0 Å². The Balaban J connectivity index is 1.58. The molecule has 1 aliphatic heterocycles. The number of hydrogen-bond acceptors (Lipinski definition) is 3. The zero-order chi connectivity index (χ0) is 16.2. The first-order valence-electron chi connectivity index (χ1n) is 7.92. The molecule has 0 radical (unpaired) electrons. The van der Waals surface area contributed by atoms with Gasteiger partial charge >= 0.3 is 0 Å². The molecule has 5 heteroatoms. The average Bonchev–Trinajstić information content (AvgIpc) is 3.04. The van der Waals surface area contributed by atoms with E-state index in [1.54, 1.807) is 6.07 Å². The SMILES string of the molecule is C[C@H](c1ccccc1)N1CC[C@@H](NC(=O)c2ccc(=O)[nH]c2)C1. The molecule has 2 N–H and O–H groups in total. The number of nitrogens with zero attached hydrogens (tertiary/aromatic N) is 1. The quantitative estimate of drug-likeness (QED) is 0.907. The van der Waals surface area contributed by atoms with Crippen LogP contribution < -0.4 is 10.9 Å². The van der Waals surface area contributed by atoms with Crippen LogP contribution in [-0.2, 0) is 0 Å². The van der Waals surface area contributed by atoms with E-state index in [1.165, 1.54) is 17.8 Å². The van der Waals surface area contributed by atoms with Crippen LogP contribution in [0.5, 0.6) is 0 Å². The number of rotatable bonds is 4. The van der Waals surface area contributed by atoms with Crippen molar-refractivity contribution in [3.8, 4) is 0 Å². The molecule has 0 aliphatic carbocycles. The highest BCUT2D eigenvalue weighted by Gasteiger charge is 2.27. The van der Waals surface area contributed by atoms with Gasteiger partial charge in [-0.2, -0.15) is 0 Å². The maximum Gasteiger partial charge on any atom is 0.253 e. The highest BCUT2D eigenvalue weighted by molar-refractivity contribution is 5.94. The molecule has 2 aromatic rings. The van der Waals surface area contributed by atoms with Crippen LogP contribution in [-0.4, -0.2) is 34.9 Å². The van der Waals surface area contributed by atoms with Gasteiger partial charge in [0.05, 0.1) is 5.56 Å². The first-order chi connectivity index (χ1) is 11.1. The summed E-state index contributed by atoms with van der Waals surface area (Å²) in [5, 5.41) is 3.05. The van der Waals surface area contributed by atoms with E-state index < -0.39 is 0 Å². The third-order valence-corrected chi connectivity index (χ3v) is 4.43. The number of benzene rings is 1. The molecule has 120 valence electrons. The highest BCUT2D eigenvalue weighted by atomic mass is 16.2. The molecule has 0 spiro atoms. The van der Waals surface area contributed by atoms with Gasteiger partial charge in [0.1, 0.15) is 0 Å². The predicted octanol–water partition coefficient (Wildman–Crippen LogP) is 1.94. The molecule has 1 aromatic heterocycles. The lowest BCUT2D eigenvalue weighted by molar-refractivity contribution is 0.0936. The molecule has 1 aromatic carbocycles. The molecule has 2 atom stereocenters. The van der Waals surface area contributed by atoms with Crippen LogP contribution in [0.4, 0.5) is 0 Å². The van der Waals surface area contributed by atoms with Gasteiger partial charge in [-0.1, -0.05) is 30.3 Å². The summed E-state index contributed by atoms with van der Waals surface area (Å²) in [5.41, 5.74) is 1.57. The largest absolute Gasteiger partial charge is 0.348 e. The number of carbonyl (C=O) groups excluding carboxylic acids is 1. The summed E-state index contributed by atoms with van der Waals surface area (Å²) in [6.07, 6.45) is 2.39. The molecular weight excluding hydrogens is 290 g/mol. The number of likely N-dealkylation sites (tertiary alicyclic amines) is 1. The minimum absolute atomic E-state index is 0.138. The molecule has 0 unspecified atom stereocenters. The summed E-state index contributed by atoms with van der Waals surface area (Å²) < 4.78 is 0. The maximum absolute atomic E-state index is 12.2. The number of pyridine rings is 1. The second kappa shape index (κ2) is 6.79. The summed E-state index contributed by atoms with van der Waals surface area (Å²) >= 11 is 0. The van der Waals surface area contributed by atoms with Gasteiger partial charge < -0.3 is 10.3 Å². The van der Waals surface area contributed by atoms with E-state index >= 15 is 0 Å². The molecule has 1 aliphatic rings. The fourth-order valence-corrected chi connectivity index (χ4v) is 3.02. The van der Waals surface area contributed by atoms with Crippen molar-refractivity contribution in [2.45, 2.75) is 25.4 Å². The van der Waals surface area contributed by atoms with E-state index in [0.29, 0.717) is 11.6 Å². The third-order valence-electron chi connectivity index (χ3n) is 4.43. The maximum atomic E-state index is 12.2. The van der Waals surface area contributed by atoms with Crippen molar-refractivity contribution >= 4 is 5.91 Å². The van der Waals surface area contributed by atoms with E-state index in [0.717, 1.165) is 19.5 Å². The fourth-order valence-electron chi connectivity index (χ4n) is 3.02. The third kappa shape index (κ3) is 3.68. The lowest BCUT2D eigenvalue weighted by Gasteiger charge is -2.24. The van der Waals surface area contributed by atoms with Crippen molar-refractivity contribution in [1.29, 1.82) is 0 Å². The first kappa shape index (κ1) is 15.5. The van der Waals surface area contributed by atoms with Gasteiger partial charge in [-0.3, -0.25) is 14.5 Å². The van der Waals surface area contributed by atoms with Crippen LogP contribution in [0.1, 0.15) is 35.3 Å². The summed E-state index contributed by atoms with van der Waals surface area (Å²) in [7, 11) is 0. The number of carbonyl (C=O) groups is 1. The van der Waals surface area contributed by atoms with Crippen molar-refractivity contribution < 1.29 is 4.79 Å². The monoisotopic (exact) mass is 311 g/mol. The second-order valence-electron chi connectivity index (χ2n) is 5.98. The Kier molecular flexibility index (Phi) is 4.57. The van der Waals surface area contributed by atoms with Gasteiger partial charge in [0, 0.05) is 37.4 Å². The topological polar surface area (TPSA) is 65.2 Å². The molecule has 1 amide bonds. The number of H-pyrrole nitrogens is 1. The molecule has 0 saturated carbocycles. The number of amides is 1. The van der Waals surface area contributed by atoms with E-state index in [4.69, 9.17) is 0 Å². The van der Waals surface area contributed by atoms with Crippen molar-refractivity contribution in [2.24, 2.45) is 0 Å². The minimum Gasteiger partial charge on any atom is -0.348 e. The molecule has 1 fully saturated rings. The Morgan fingerprint density at radius 3 is 2.74 bits per heavy atom. The highest BCUT2D eigenvalue weighted by Crippen LogP contribution is 2.24. The van der Waals surface area contributed by atoms with E-state index in [9.17, 15) is 9.59 Å². The van der Waals surface area contributed by atoms with E-state index in [1.807, 2.05) is 6.07 Å². The Labute approximate surface area is 135 Å². The molecule has 3 rings (SSSR count). The van der Waals surface area contributed by atoms with Crippen molar-refractivity contribution in [2.75, 3.05) is 13.1 Å². The van der Waals surface area contributed by atoms with E-state index in [-0.39, 0.29) is 17.5 Å². The predicted molar refractivity (Wildman–Crippen MR) is 89.4 cm³/mol. The molecule has 2 heterocycles. The molecule has 23 heavy (non-hydrogen) atoms. The number of nitrogens with one attached hydrogen (secondary N) is 2. The summed E-state index contributed by atoms with van der Waals surface area (Å²) in [4.78, 5) is 28.2. The molecule has 0 bridgehead atoms. The van der Waals surface area contributed by atoms with Crippen LogP contribution in [0.15, 0.2) is 53.5 Å². The summed E-state index contributed by atoms with van der Waals surface area (Å²) in [5.74, 6) is -0.138. The van der Waals surface area contributed by atoms with E-state index in [2.05, 4.69) is 46.4 Å². The molecule has 5 nitrogen and oxygen atoms in total. The van der Waals surface area contributed by atoms with Crippen LogP contribution in [0.25, 0.3) is 0 Å². The van der Waals surface area contributed by atoms with Crippen LogP contribution in [0, 0.1) is 0 Å². The van der Waals surface area contributed by atoms with Gasteiger partial charge in [0.2, 0.25) is 5.56 Å². The Hall–Kier alpha value is -2.40. The molecule has 1 saturated heterocycles. The number of aromatic amines is 1. The normalized spacial score (nSPS) is 19.4. The van der Waals surface area contributed by atoms with Crippen LogP contribution >= 0.6 is 0 Å². The summed E-state index contributed by atoms with van der Waals surface area (Å²) in [6, 6.07) is 13.8. The van der Waals surface area contributed by atoms with Gasteiger partial charge in [0.25, 0.3) is 5.91 Å². The minimum atomic E-state index is -0.203. The van der Waals surface area contributed by atoms with Crippen molar-refractivity contribution in [3.63, 3.8) is 0 Å². The zero-order valence-corrected chi connectivity index (χ0v) is 13.2. The average molecular weight is 311 g/mol. The Morgan fingerprint density at radius 2 is 2.04 bits per heavy atom. The fraction of sp³-hybridized carbons (Fsp3) is 0.333. The van der Waals surface area contributed by atoms with Gasteiger partial charge in [-0.15, -0.1) is 0 Å². The van der Waals surface area contributed by atoms with Crippen LogP contribution in [0.3, 0.4) is 0 Å². The number of hydrogen-bond donors (Lipinski definition) is 2. The zero-order valence-electron chi connectivity index (χ0n) is 13.2. The Bertz CT molecular complexity index is 706. The van der Waals surface area contributed by atoms with Gasteiger partial charge in [0.15, 0.2) is 0 Å². The Morgan fingerprint density at radius 1 is 1.26 bits per heavy atom.